The smallest absolute Gasteiger partial charge is 0.245 e. The summed E-state index contributed by atoms with van der Waals surface area (Å²) in [5.41, 5.74) is 0.947. The quantitative estimate of drug-likeness (QED) is 0.381. The van der Waals surface area contributed by atoms with Crippen LogP contribution in [0.5, 0.6) is 5.75 Å². The Labute approximate surface area is 207 Å². The summed E-state index contributed by atoms with van der Waals surface area (Å²) in [5.74, 6) is -0.500. The monoisotopic (exact) mass is 526 g/mol. The average molecular weight is 528 g/mol. The maximum absolute atomic E-state index is 13.3. The van der Waals surface area contributed by atoms with E-state index in [4.69, 9.17) is 39.5 Å². The Kier molecular flexibility index (Phi) is 8.62. The molecule has 1 unspecified atom stereocenters. The normalized spacial score (nSPS) is 12.2. The van der Waals surface area contributed by atoms with Crippen molar-refractivity contribution in [1.29, 1.82) is 0 Å². The summed E-state index contributed by atoms with van der Waals surface area (Å²) >= 11 is 18.4. The summed E-state index contributed by atoms with van der Waals surface area (Å²) in [6.07, 6.45) is 0.0819. The van der Waals surface area contributed by atoms with Crippen molar-refractivity contribution in [2.75, 3.05) is 11.9 Å². The van der Waals surface area contributed by atoms with Crippen LogP contribution in [0.25, 0.3) is 0 Å². The molecule has 3 aromatic carbocycles. The van der Waals surface area contributed by atoms with Crippen LogP contribution in [0.1, 0.15) is 12.5 Å². The first-order valence-corrected chi connectivity index (χ1v) is 12.6. The summed E-state index contributed by atoms with van der Waals surface area (Å²) in [6.45, 7) is 1.99. The standard InChI is InChI=1S/C23H21Cl3N2O4S/c1-2-32-20-12-11-16(24)14-21(20)33(30,31)28-19(13-15-7-4-3-5-8-15)23(29)27-22-17(25)9-6-10-18(22)26/h3-12,14,19,28H,2,13H2,1H3,(H,27,29). The van der Waals surface area contributed by atoms with Crippen molar-refractivity contribution in [2.24, 2.45) is 0 Å². The molecule has 0 aromatic heterocycles. The number of ether oxygens (including phenoxy) is 1. The number of hydrogen-bond acceptors (Lipinski definition) is 4. The van der Waals surface area contributed by atoms with Crippen LogP contribution in [-0.2, 0) is 21.2 Å². The van der Waals surface area contributed by atoms with Gasteiger partial charge >= 0.3 is 0 Å². The van der Waals surface area contributed by atoms with Gasteiger partial charge in [0.05, 0.1) is 22.3 Å². The van der Waals surface area contributed by atoms with Crippen LogP contribution >= 0.6 is 34.8 Å². The SMILES string of the molecule is CCOc1ccc(Cl)cc1S(=O)(=O)NC(Cc1ccccc1)C(=O)Nc1c(Cl)cccc1Cl. The molecule has 0 saturated carbocycles. The Balaban J connectivity index is 1.96. The van der Waals surface area contributed by atoms with E-state index in [1.165, 1.54) is 18.2 Å². The molecule has 2 N–H and O–H groups in total. The van der Waals surface area contributed by atoms with E-state index in [2.05, 4.69) is 10.0 Å². The van der Waals surface area contributed by atoms with Gasteiger partial charge < -0.3 is 10.1 Å². The lowest BCUT2D eigenvalue weighted by molar-refractivity contribution is -0.117. The average Bonchev–Trinajstić information content (AvgIpc) is 2.77. The summed E-state index contributed by atoms with van der Waals surface area (Å²) in [7, 11) is -4.20. The second kappa shape index (κ2) is 11.2. The molecule has 0 heterocycles. The Morgan fingerprint density at radius 2 is 1.64 bits per heavy atom. The molecule has 0 radical (unpaired) electrons. The van der Waals surface area contributed by atoms with Crippen molar-refractivity contribution in [3.8, 4) is 5.75 Å². The fourth-order valence-corrected chi connectivity index (χ4v) is 5.18. The fourth-order valence-electron chi connectivity index (χ4n) is 3.08. The molecule has 1 amide bonds. The van der Waals surface area contributed by atoms with Crippen LogP contribution in [0.2, 0.25) is 15.1 Å². The van der Waals surface area contributed by atoms with Crippen molar-refractivity contribution in [3.63, 3.8) is 0 Å². The van der Waals surface area contributed by atoms with E-state index < -0.39 is 22.0 Å². The van der Waals surface area contributed by atoms with Crippen LogP contribution in [-0.4, -0.2) is 27.0 Å². The maximum Gasteiger partial charge on any atom is 0.245 e. The Morgan fingerprint density at radius 3 is 2.27 bits per heavy atom. The first-order chi connectivity index (χ1) is 15.7. The highest BCUT2D eigenvalue weighted by atomic mass is 35.5. The Bertz CT molecular complexity index is 1220. The highest BCUT2D eigenvalue weighted by Crippen LogP contribution is 2.31. The molecular weight excluding hydrogens is 507 g/mol. The molecule has 0 spiro atoms. The zero-order valence-electron chi connectivity index (χ0n) is 17.5. The lowest BCUT2D eigenvalue weighted by Crippen LogP contribution is -2.45. The van der Waals surface area contributed by atoms with E-state index in [9.17, 15) is 13.2 Å². The van der Waals surface area contributed by atoms with E-state index in [0.29, 0.717) is 0 Å². The zero-order chi connectivity index (χ0) is 24.0. The van der Waals surface area contributed by atoms with Crippen LogP contribution in [0.15, 0.2) is 71.6 Å². The van der Waals surface area contributed by atoms with E-state index >= 15 is 0 Å². The van der Waals surface area contributed by atoms with Crippen LogP contribution in [0.3, 0.4) is 0 Å². The topological polar surface area (TPSA) is 84.5 Å². The van der Waals surface area contributed by atoms with Crippen molar-refractivity contribution >= 4 is 56.4 Å². The van der Waals surface area contributed by atoms with Gasteiger partial charge in [0.2, 0.25) is 15.9 Å². The van der Waals surface area contributed by atoms with Gasteiger partial charge in [0.15, 0.2) is 0 Å². The largest absolute Gasteiger partial charge is 0.492 e. The zero-order valence-corrected chi connectivity index (χ0v) is 20.6. The summed E-state index contributed by atoms with van der Waals surface area (Å²) in [5, 5.41) is 3.31. The van der Waals surface area contributed by atoms with E-state index in [1.54, 1.807) is 49.4 Å². The number of halogens is 3. The van der Waals surface area contributed by atoms with Gasteiger partial charge in [-0.15, -0.1) is 0 Å². The Hall–Kier alpha value is -2.29. The lowest BCUT2D eigenvalue weighted by Gasteiger charge is -2.20. The highest BCUT2D eigenvalue weighted by Gasteiger charge is 2.29. The molecule has 0 saturated heterocycles. The molecule has 0 bridgehead atoms. The summed E-state index contributed by atoms with van der Waals surface area (Å²) < 4.78 is 34.5. The second-order valence-electron chi connectivity index (χ2n) is 6.97. The van der Waals surface area contributed by atoms with Crippen molar-refractivity contribution in [3.05, 3.63) is 87.4 Å². The third-order valence-electron chi connectivity index (χ3n) is 4.60. The number of sulfonamides is 1. The maximum atomic E-state index is 13.3. The predicted molar refractivity (Wildman–Crippen MR) is 132 cm³/mol. The number of hydrogen-bond donors (Lipinski definition) is 2. The molecule has 6 nitrogen and oxygen atoms in total. The van der Waals surface area contributed by atoms with Gasteiger partial charge in [-0.2, -0.15) is 4.72 Å². The summed E-state index contributed by atoms with van der Waals surface area (Å²) in [4.78, 5) is 13.0. The predicted octanol–water partition coefficient (Wildman–Crippen LogP) is 5.57. The second-order valence-corrected chi connectivity index (χ2v) is 9.91. The first kappa shape index (κ1) is 25.3. The van der Waals surface area contributed by atoms with Crippen LogP contribution in [0, 0.1) is 0 Å². The van der Waals surface area contributed by atoms with Gasteiger partial charge in [-0.25, -0.2) is 8.42 Å². The van der Waals surface area contributed by atoms with Crippen molar-refractivity contribution in [1.82, 2.24) is 4.72 Å². The van der Waals surface area contributed by atoms with E-state index in [-0.39, 0.29) is 44.4 Å². The van der Waals surface area contributed by atoms with Crippen molar-refractivity contribution < 1.29 is 17.9 Å². The number of benzene rings is 3. The molecule has 0 aliphatic rings. The molecule has 10 heteroatoms. The molecule has 3 rings (SSSR count). The number of rotatable bonds is 9. The molecule has 1 atom stereocenters. The minimum absolute atomic E-state index is 0.0819. The fraction of sp³-hybridized carbons (Fsp3) is 0.174. The first-order valence-electron chi connectivity index (χ1n) is 9.94. The molecule has 0 aliphatic carbocycles. The lowest BCUT2D eigenvalue weighted by atomic mass is 10.1. The number of para-hydroxylation sites is 1. The number of anilines is 1. The van der Waals surface area contributed by atoms with E-state index in [0.717, 1.165) is 5.56 Å². The Morgan fingerprint density at radius 1 is 0.970 bits per heavy atom. The summed E-state index contributed by atoms with van der Waals surface area (Å²) in [6, 6.07) is 16.9. The van der Waals surface area contributed by atoms with Gasteiger partial charge in [-0.3, -0.25) is 4.79 Å². The van der Waals surface area contributed by atoms with Gasteiger partial charge in [0.1, 0.15) is 16.7 Å². The number of carbonyl (C=O) groups excluding carboxylic acids is 1. The van der Waals surface area contributed by atoms with E-state index in [1.807, 2.05) is 6.07 Å². The highest BCUT2D eigenvalue weighted by molar-refractivity contribution is 7.89. The number of nitrogens with one attached hydrogen (secondary N) is 2. The minimum atomic E-state index is -4.20. The third-order valence-corrected chi connectivity index (χ3v) is 6.96. The molecule has 0 aliphatic heterocycles. The van der Waals surface area contributed by atoms with Crippen LogP contribution in [0.4, 0.5) is 5.69 Å². The molecule has 0 fully saturated rings. The van der Waals surface area contributed by atoms with Gasteiger partial charge in [-0.1, -0.05) is 71.2 Å². The molecule has 174 valence electrons. The van der Waals surface area contributed by atoms with Gasteiger partial charge in [-0.05, 0) is 49.2 Å². The molecule has 33 heavy (non-hydrogen) atoms. The van der Waals surface area contributed by atoms with Gasteiger partial charge in [0.25, 0.3) is 0 Å². The number of carbonyl (C=O) groups is 1. The van der Waals surface area contributed by atoms with Crippen LogP contribution < -0.4 is 14.8 Å². The third kappa shape index (κ3) is 6.62. The van der Waals surface area contributed by atoms with Gasteiger partial charge in [0, 0.05) is 5.02 Å². The molecular formula is C23H21Cl3N2O4S. The minimum Gasteiger partial charge on any atom is -0.492 e. The molecule has 3 aromatic rings. The number of amides is 1. The van der Waals surface area contributed by atoms with Crippen molar-refractivity contribution in [2.45, 2.75) is 24.3 Å².